The number of para-hydroxylation sites is 2. The Balaban J connectivity index is 1.52. The molecule has 2 aromatic carbocycles. The number of thioether (sulfide) groups is 1. The maximum absolute atomic E-state index is 12.5. The number of benzene rings is 2. The second kappa shape index (κ2) is 9.65. The van der Waals surface area contributed by atoms with Crippen molar-refractivity contribution in [3.8, 4) is 6.07 Å². The molecule has 27 heavy (non-hydrogen) atoms. The van der Waals surface area contributed by atoms with E-state index in [0.717, 1.165) is 47.5 Å². The SMILES string of the molecule is N#CCSc1ccccc1NC(=O)C[NH+]1CCN(c2ccccc2Cl)CC1. The van der Waals surface area contributed by atoms with Crippen LogP contribution in [0.5, 0.6) is 0 Å². The molecule has 5 nitrogen and oxygen atoms in total. The number of quaternary nitrogens is 1. The smallest absolute Gasteiger partial charge is 0.279 e. The molecule has 1 saturated heterocycles. The number of rotatable bonds is 6. The van der Waals surface area contributed by atoms with Gasteiger partial charge < -0.3 is 15.1 Å². The third kappa shape index (κ3) is 5.39. The number of carbonyl (C=O) groups is 1. The van der Waals surface area contributed by atoms with Crippen molar-refractivity contribution in [1.29, 1.82) is 5.26 Å². The summed E-state index contributed by atoms with van der Waals surface area (Å²) in [6.45, 7) is 3.97. The van der Waals surface area contributed by atoms with Crippen molar-refractivity contribution in [1.82, 2.24) is 0 Å². The summed E-state index contributed by atoms with van der Waals surface area (Å²) in [4.78, 5) is 16.9. The first-order valence-corrected chi connectivity index (χ1v) is 10.3. The molecular weight excluding hydrogens is 380 g/mol. The van der Waals surface area contributed by atoms with Gasteiger partial charge in [0.1, 0.15) is 0 Å². The molecule has 1 aliphatic heterocycles. The van der Waals surface area contributed by atoms with E-state index in [4.69, 9.17) is 16.9 Å². The van der Waals surface area contributed by atoms with E-state index in [1.165, 1.54) is 16.7 Å². The summed E-state index contributed by atoms with van der Waals surface area (Å²) < 4.78 is 0. The lowest BCUT2D eigenvalue weighted by Gasteiger charge is -2.33. The van der Waals surface area contributed by atoms with E-state index in [1.807, 2.05) is 48.5 Å². The molecule has 2 N–H and O–H groups in total. The molecule has 0 saturated carbocycles. The number of anilines is 2. The zero-order valence-electron chi connectivity index (χ0n) is 15.0. The number of nitriles is 1. The van der Waals surface area contributed by atoms with Crippen LogP contribution in [0.2, 0.25) is 5.02 Å². The molecule has 2 aromatic rings. The van der Waals surface area contributed by atoms with Gasteiger partial charge >= 0.3 is 0 Å². The lowest BCUT2D eigenvalue weighted by Crippen LogP contribution is -3.15. The van der Waals surface area contributed by atoms with Crippen LogP contribution in [-0.4, -0.2) is 44.4 Å². The first kappa shape index (κ1) is 19.6. The number of hydrogen-bond donors (Lipinski definition) is 2. The van der Waals surface area contributed by atoms with Gasteiger partial charge in [-0.2, -0.15) is 5.26 Å². The number of amides is 1. The number of hydrogen-bond acceptors (Lipinski definition) is 4. The number of halogens is 1. The third-order valence-electron chi connectivity index (χ3n) is 4.53. The number of piperazine rings is 1. The van der Waals surface area contributed by atoms with Gasteiger partial charge in [0.15, 0.2) is 6.54 Å². The fourth-order valence-corrected chi connectivity index (χ4v) is 4.10. The van der Waals surface area contributed by atoms with E-state index in [0.29, 0.717) is 12.3 Å². The summed E-state index contributed by atoms with van der Waals surface area (Å²) in [5.41, 5.74) is 1.84. The van der Waals surface area contributed by atoms with Gasteiger partial charge in [0.05, 0.1) is 54.4 Å². The maximum atomic E-state index is 12.5. The van der Waals surface area contributed by atoms with Gasteiger partial charge in [-0.05, 0) is 24.3 Å². The highest BCUT2D eigenvalue weighted by Crippen LogP contribution is 2.26. The van der Waals surface area contributed by atoms with Gasteiger partial charge in [-0.1, -0.05) is 35.9 Å². The highest BCUT2D eigenvalue weighted by atomic mass is 35.5. The molecule has 0 unspecified atom stereocenters. The first-order chi connectivity index (χ1) is 13.2. The Hall–Kier alpha value is -2.20. The molecule has 0 aliphatic carbocycles. The van der Waals surface area contributed by atoms with Gasteiger partial charge in [0.2, 0.25) is 0 Å². The van der Waals surface area contributed by atoms with Crippen LogP contribution < -0.4 is 15.1 Å². The van der Waals surface area contributed by atoms with Crippen LogP contribution in [0.1, 0.15) is 0 Å². The van der Waals surface area contributed by atoms with Gasteiger partial charge in [0, 0.05) is 4.90 Å². The number of nitrogens with one attached hydrogen (secondary N) is 2. The van der Waals surface area contributed by atoms with Crippen molar-refractivity contribution < 1.29 is 9.69 Å². The maximum Gasteiger partial charge on any atom is 0.279 e. The van der Waals surface area contributed by atoms with E-state index < -0.39 is 0 Å². The van der Waals surface area contributed by atoms with E-state index >= 15 is 0 Å². The second-order valence-corrected chi connectivity index (χ2v) is 7.78. The average molecular weight is 402 g/mol. The fourth-order valence-electron chi connectivity index (χ4n) is 3.18. The summed E-state index contributed by atoms with van der Waals surface area (Å²) in [6, 6.07) is 17.6. The number of nitrogens with zero attached hydrogens (tertiary/aromatic N) is 2. The van der Waals surface area contributed by atoms with Crippen LogP contribution >= 0.6 is 23.4 Å². The van der Waals surface area contributed by atoms with Crippen molar-refractivity contribution in [2.24, 2.45) is 0 Å². The molecule has 140 valence electrons. The molecule has 0 aromatic heterocycles. The minimum absolute atomic E-state index is 0.00111. The molecule has 0 bridgehead atoms. The molecular formula is C20H22ClN4OS+. The van der Waals surface area contributed by atoms with Crippen LogP contribution in [0.25, 0.3) is 0 Å². The Kier molecular flexibility index (Phi) is 6.99. The third-order valence-corrected chi connectivity index (χ3v) is 5.79. The quantitative estimate of drug-likeness (QED) is 0.729. The summed E-state index contributed by atoms with van der Waals surface area (Å²) in [5.74, 6) is 0.364. The minimum atomic E-state index is 0.00111. The molecule has 0 radical (unpaired) electrons. The van der Waals surface area contributed by atoms with Gasteiger partial charge in [-0.15, -0.1) is 11.8 Å². The van der Waals surface area contributed by atoms with E-state index in [-0.39, 0.29) is 5.91 Å². The Morgan fingerprint density at radius 2 is 1.89 bits per heavy atom. The minimum Gasteiger partial charge on any atom is -0.359 e. The van der Waals surface area contributed by atoms with Crippen LogP contribution in [-0.2, 0) is 4.79 Å². The lowest BCUT2D eigenvalue weighted by molar-refractivity contribution is -0.892. The topological polar surface area (TPSA) is 60.6 Å². The highest BCUT2D eigenvalue weighted by Gasteiger charge is 2.23. The largest absolute Gasteiger partial charge is 0.359 e. The van der Waals surface area contributed by atoms with E-state index in [9.17, 15) is 4.79 Å². The van der Waals surface area contributed by atoms with Gasteiger partial charge in [-0.25, -0.2) is 0 Å². The molecule has 3 rings (SSSR count). The summed E-state index contributed by atoms with van der Waals surface area (Å²) >= 11 is 7.72. The lowest BCUT2D eigenvalue weighted by atomic mass is 10.2. The van der Waals surface area contributed by atoms with Crippen LogP contribution in [0.3, 0.4) is 0 Å². The Morgan fingerprint density at radius 1 is 1.19 bits per heavy atom. The Labute approximate surface area is 168 Å². The Bertz CT molecular complexity index is 831. The molecule has 7 heteroatoms. The molecule has 1 amide bonds. The van der Waals surface area contributed by atoms with Crippen molar-refractivity contribution in [2.45, 2.75) is 4.90 Å². The molecule has 0 spiro atoms. The Morgan fingerprint density at radius 3 is 2.63 bits per heavy atom. The normalized spacial score (nSPS) is 14.6. The van der Waals surface area contributed by atoms with Crippen molar-refractivity contribution in [3.05, 3.63) is 53.6 Å². The summed E-state index contributed by atoms with van der Waals surface area (Å²) in [5, 5.41) is 12.5. The summed E-state index contributed by atoms with van der Waals surface area (Å²) in [7, 11) is 0. The fraction of sp³-hybridized carbons (Fsp3) is 0.300. The monoisotopic (exact) mass is 401 g/mol. The van der Waals surface area contributed by atoms with Crippen molar-refractivity contribution >= 4 is 40.6 Å². The average Bonchev–Trinajstić information content (AvgIpc) is 2.68. The predicted octanol–water partition coefficient (Wildman–Crippen LogP) is 2.30. The standard InChI is InChI=1S/C20H21ClN4OS/c21-16-5-1-3-7-18(16)25-12-10-24(11-13-25)15-20(26)23-17-6-2-4-8-19(17)27-14-9-22/h1-8H,10-15H2,(H,23,26)/p+1. The van der Waals surface area contributed by atoms with Crippen LogP contribution in [0, 0.1) is 11.3 Å². The van der Waals surface area contributed by atoms with Gasteiger partial charge in [0.25, 0.3) is 5.91 Å². The van der Waals surface area contributed by atoms with E-state index in [1.54, 1.807) is 0 Å². The zero-order chi connectivity index (χ0) is 19.1. The predicted molar refractivity (Wildman–Crippen MR) is 111 cm³/mol. The van der Waals surface area contributed by atoms with Crippen LogP contribution in [0.15, 0.2) is 53.4 Å². The molecule has 1 fully saturated rings. The van der Waals surface area contributed by atoms with Gasteiger partial charge in [-0.3, -0.25) is 4.79 Å². The zero-order valence-corrected chi connectivity index (χ0v) is 16.5. The first-order valence-electron chi connectivity index (χ1n) is 8.89. The second-order valence-electron chi connectivity index (χ2n) is 6.36. The summed E-state index contributed by atoms with van der Waals surface area (Å²) in [6.07, 6.45) is 0. The molecule has 1 aliphatic rings. The molecule has 0 atom stereocenters. The molecule has 1 heterocycles. The number of carbonyl (C=O) groups excluding carboxylic acids is 1. The highest BCUT2D eigenvalue weighted by molar-refractivity contribution is 7.99. The van der Waals surface area contributed by atoms with E-state index in [2.05, 4.69) is 16.3 Å². The van der Waals surface area contributed by atoms with Crippen molar-refractivity contribution in [3.63, 3.8) is 0 Å². The van der Waals surface area contributed by atoms with Crippen LogP contribution in [0.4, 0.5) is 11.4 Å². The van der Waals surface area contributed by atoms with Crippen molar-refractivity contribution in [2.75, 3.05) is 48.7 Å².